The first kappa shape index (κ1) is 13.3. The molecule has 1 aromatic carbocycles. The van der Waals surface area contributed by atoms with E-state index in [0.29, 0.717) is 6.54 Å². The topological polar surface area (TPSA) is 34.0 Å². The lowest BCUT2D eigenvalue weighted by Gasteiger charge is -2.09. The minimum absolute atomic E-state index is 0.0137. The maximum atomic E-state index is 12.5. The first-order valence-electron chi connectivity index (χ1n) is 5.84. The lowest BCUT2D eigenvalue weighted by atomic mass is 10.1. The van der Waals surface area contributed by atoms with Crippen molar-refractivity contribution in [2.45, 2.75) is 13.0 Å². The fraction of sp³-hybridized carbons (Fsp3) is 0.214. The van der Waals surface area contributed by atoms with Crippen molar-refractivity contribution in [1.29, 1.82) is 0 Å². The summed E-state index contributed by atoms with van der Waals surface area (Å²) in [6.45, 7) is 0.429. The van der Waals surface area contributed by atoms with Gasteiger partial charge in [0.15, 0.2) is 0 Å². The van der Waals surface area contributed by atoms with Crippen LogP contribution in [0.5, 0.6) is 0 Å². The van der Waals surface area contributed by atoms with Gasteiger partial charge in [0.05, 0.1) is 5.69 Å². The average Bonchev–Trinajstić information content (AvgIpc) is 2.40. The quantitative estimate of drug-likeness (QED) is 0.921. The highest BCUT2D eigenvalue weighted by molar-refractivity contribution is 5.41. The van der Waals surface area contributed by atoms with Gasteiger partial charge in [-0.15, -0.1) is 0 Å². The molecule has 1 heterocycles. The van der Waals surface area contributed by atoms with Gasteiger partial charge in [0.25, 0.3) is 6.43 Å². The second-order valence-corrected chi connectivity index (χ2v) is 4.27. The molecule has 0 saturated heterocycles. The number of halogens is 2. The molecule has 0 spiro atoms. The van der Waals surface area contributed by atoms with Gasteiger partial charge < -0.3 is 9.88 Å². The van der Waals surface area contributed by atoms with Crippen molar-refractivity contribution in [3.05, 3.63) is 64.1 Å². The summed E-state index contributed by atoms with van der Waals surface area (Å²) in [4.78, 5) is 11.2. The van der Waals surface area contributed by atoms with Gasteiger partial charge in [0.1, 0.15) is 0 Å². The molecule has 5 heteroatoms. The number of anilines is 1. The lowest BCUT2D eigenvalue weighted by Crippen LogP contribution is -2.15. The molecular formula is C14H14F2N2O. The zero-order valence-corrected chi connectivity index (χ0v) is 10.4. The molecule has 0 saturated carbocycles. The molecule has 0 aliphatic heterocycles. The number of alkyl halides is 2. The van der Waals surface area contributed by atoms with Crippen LogP contribution in [0.25, 0.3) is 0 Å². The third-order valence-electron chi connectivity index (χ3n) is 2.79. The Morgan fingerprint density at radius 2 is 2.05 bits per heavy atom. The normalized spacial score (nSPS) is 10.7. The van der Waals surface area contributed by atoms with Crippen LogP contribution in [0.15, 0.2) is 47.4 Å². The summed E-state index contributed by atoms with van der Waals surface area (Å²) in [5.74, 6) is 0. The van der Waals surface area contributed by atoms with Gasteiger partial charge in [0.2, 0.25) is 5.56 Å². The number of aryl methyl sites for hydroxylation is 1. The lowest BCUT2D eigenvalue weighted by molar-refractivity contribution is 0.151. The molecule has 3 nitrogen and oxygen atoms in total. The smallest absolute Gasteiger partial charge is 0.263 e. The minimum Gasteiger partial charge on any atom is -0.380 e. The minimum atomic E-state index is -2.46. The van der Waals surface area contributed by atoms with E-state index in [1.54, 1.807) is 31.4 Å². The number of pyridine rings is 1. The van der Waals surface area contributed by atoms with E-state index in [2.05, 4.69) is 5.32 Å². The zero-order chi connectivity index (χ0) is 13.8. The highest BCUT2D eigenvalue weighted by atomic mass is 19.3. The second-order valence-electron chi connectivity index (χ2n) is 4.27. The number of nitrogens with one attached hydrogen (secondary N) is 1. The number of hydrogen-bond acceptors (Lipinski definition) is 2. The zero-order valence-electron chi connectivity index (χ0n) is 10.4. The molecule has 2 rings (SSSR count). The molecular weight excluding hydrogens is 250 g/mol. The summed E-state index contributed by atoms with van der Waals surface area (Å²) in [7, 11) is 1.66. The van der Waals surface area contributed by atoms with E-state index in [1.165, 1.54) is 22.8 Å². The van der Waals surface area contributed by atoms with Crippen LogP contribution >= 0.6 is 0 Å². The molecule has 0 aliphatic carbocycles. The molecule has 100 valence electrons. The largest absolute Gasteiger partial charge is 0.380 e. The van der Waals surface area contributed by atoms with Crippen LogP contribution in [-0.2, 0) is 13.6 Å². The Kier molecular flexibility index (Phi) is 3.94. The Labute approximate surface area is 109 Å². The summed E-state index contributed by atoms with van der Waals surface area (Å²) in [6.07, 6.45) is -0.795. The van der Waals surface area contributed by atoms with Crippen molar-refractivity contribution < 1.29 is 8.78 Å². The number of benzene rings is 1. The Balaban J connectivity index is 2.07. The molecule has 0 fully saturated rings. The molecule has 0 atom stereocenters. The third kappa shape index (κ3) is 3.40. The SMILES string of the molecule is Cn1cc(NCc2cccc(C(F)F)c2)ccc1=O. The standard InChI is InChI=1S/C14H14F2N2O/c1-18-9-12(5-6-13(18)19)17-8-10-3-2-4-11(7-10)14(15)16/h2-7,9,14,17H,8H2,1H3. The van der Waals surface area contributed by atoms with E-state index in [9.17, 15) is 13.6 Å². The highest BCUT2D eigenvalue weighted by Gasteiger charge is 2.06. The van der Waals surface area contributed by atoms with Gasteiger partial charge in [-0.2, -0.15) is 0 Å². The van der Waals surface area contributed by atoms with Gasteiger partial charge in [-0.3, -0.25) is 4.79 Å². The van der Waals surface area contributed by atoms with Crippen molar-refractivity contribution in [2.75, 3.05) is 5.32 Å². The van der Waals surface area contributed by atoms with E-state index in [4.69, 9.17) is 0 Å². The van der Waals surface area contributed by atoms with Gasteiger partial charge >= 0.3 is 0 Å². The Morgan fingerprint density at radius 3 is 2.74 bits per heavy atom. The van der Waals surface area contributed by atoms with Crippen LogP contribution in [0.2, 0.25) is 0 Å². The van der Waals surface area contributed by atoms with E-state index < -0.39 is 6.43 Å². The fourth-order valence-electron chi connectivity index (χ4n) is 1.74. The monoisotopic (exact) mass is 264 g/mol. The summed E-state index contributed by atoms with van der Waals surface area (Å²) in [6, 6.07) is 9.39. The Morgan fingerprint density at radius 1 is 1.26 bits per heavy atom. The summed E-state index contributed by atoms with van der Waals surface area (Å²) < 4.78 is 26.6. The number of hydrogen-bond donors (Lipinski definition) is 1. The van der Waals surface area contributed by atoms with Crippen LogP contribution in [0, 0.1) is 0 Å². The van der Waals surface area contributed by atoms with Gasteiger partial charge in [-0.1, -0.05) is 18.2 Å². The van der Waals surface area contributed by atoms with Crippen LogP contribution in [0.3, 0.4) is 0 Å². The second kappa shape index (κ2) is 5.65. The predicted molar refractivity (Wildman–Crippen MR) is 70.4 cm³/mol. The maximum Gasteiger partial charge on any atom is 0.263 e. The highest BCUT2D eigenvalue weighted by Crippen LogP contribution is 2.19. The molecule has 0 aliphatic rings. The third-order valence-corrected chi connectivity index (χ3v) is 2.79. The van der Waals surface area contributed by atoms with E-state index in [-0.39, 0.29) is 11.1 Å². The summed E-state index contributed by atoms with van der Waals surface area (Å²) >= 11 is 0. The molecule has 19 heavy (non-hydrogen) atoms. The van der Waals surface area contributed by atoms with E-state index >= 15 is 0 Å². The van der Waals surface area contributed by atoms with Crippen LogP contribution in [0.1, 0.15) is 17.6 Å². The molecule has 2 aromatic rings. The van der Waals surface area contributed by atoms with Crippen molar-refractivity contribution in [2.24, 2.45) is 7.05 Å². The van der Waals surface area contributed by atoms with Crippen LogP contribution < -0.4 is 10.9 Å². The predicted octanol–water partition coefficient (Wildman–Crippen LogP) is 2.94. The Bertz CT molecular complexity index is 623. The molecule has 1 N–H and O–H groups in total. The van der Waals surface area contributed by atoms with Gasteiger partial charge in [-0.25, -0.2) is 8.78 Å². The van der Waals surface area contributed by atoms with E-state index in [1.807, 2.05) is 0 Å². The number of rotatable bonds is 4. The van der Waals surface area contributed by atoms with E-state index in [0.717, 1.165) is 11.3 Å². The van der Waals surface area contributed by atoms with Crippen molar-refractivity contribution in [3.63, 3.8) is 0 Å². The maximum absolute atomic E-state index is 12.5. The first-order chi connectivity index (χ1) is 9.06. The fourth-order valence-corrected chi connectivity index (χ4v) is 1.74. The number of aromatic nitrogens is 1. The van der Waals surface area contributed by atoms with Crippen molar-refractivity contribution in [3.8, 4) is 0 Å². The van der Waals surface area contributed by atoms with Crippen LogP contribution in [-0.4, -0.2) is 4.57 Å². The molecule has 0 bridgehead atoms. The Hall–Kier alpha value is -2.17. The van der Waals surface area contributed by atoms with Gasteiger partial charge in [0, 0.05) is 31.4 Å². The molecule has 0 radical (unpaired) electrons. The summed E-state index contributed by atoms with van der Waals surface area (Å²) in [5, 5.41) is 3.09. The van der Waals surface area contributed by atoms with Crippen LogP contribution in [0.4, 0.5) is 14.5 Å². The summed E-state index contributed by atoms with van der Waals surface area (Å²) in [5.41, 5.74) is 1.46. The molecule has 0 amide bonds. The molecule has 1 aromatic heterocycles. The molecule has 0 unspecified atom stereocenters. The van der Waals surface area contributed by atoms with Gasteiger partial charge in [-0.05, 0) is 17.7 Å². The van der Waals surface area contributed by atoms with Crippen molar-refractivity contribution in [1.82, 2.24) is 4.57 Å². The number of nitrogens with zero attached hydrogens (tertiary/aromatic N) is 1. The van der Waals surface area contributed by atoms with Crippen molar-refractivity contribution >= 4 is 5.69 Å². The average molecular weight is 264 g/mol. The first-order valence-corrected chi connectivity index (χ1v) is 5.84.